The summed E-state index contributed by atoms with van der Waals surface area (Å²) in [4.78, 5) is 41.1. The number of aromatic nitrogens is 2. The Balaban J connectivity index is 2.49. The molecule has 0 bridgehead atoms. The van der Waals surface area contributed by atoms with Gasteiger partial charge in [-0.2, -0.15) is 13.2 Å². The Morgan fingerprint density at radius 2 is 1.84 bits per heavy atom. The Bertz CT molecular complexity index is 1110. The molecule has 0 aliphatic heterocycles. The summed E-state index contributed by atoms with van der Waals surface area (Å²) >= 11 is 0. The average molecular weight is 452 g/mol. The van der Waals surface area contributed by atoms with Gasteiger partial charge in [-0.25, -0.2) is 4.79 Å². The lowest BCUT2D eigenvalue weighted by molar-refractivity contribution is -0.137. The highest BCUT2D eigenvalue weighted by molar-refractivity contribution is 6.05. The largest absolute Gasteiger partial charge is 0.416 e. The Morgan fingerprint density at radius 1 is 1.19 bits per heavy atom. The van der Waals surface area contributed by atoms with Crippen LogP contribution in [0.2, 0.25) is 0 Å². The van der Waals surface area contributed by atoms with Crippen LogP contribution in [-0.4, -0.2) is 22.0 Å². The minimum atomic E-state index is -4.51. The van der Waals surface area contributed by atoms with Crippen LogP contribution in [0.4, 0.5) is 24.7 Å². The number of carbonyl (C=O) groups is 1. The van der Waals surface area contributed by atoms with Crippen LogP contribution in [0.3, 0.4) is 0 Å². The van der Waals surface area contributed by atoms with E-state index in [1.807, 2.05) is 27.7 Å². The molecule has 0 fully saturated rings. The second-order valence-electron chi connectivity index (χ2n) is 8.30. The lowest BCUT2D eigenvalue weighted by atomic mass is 10.1. The molecule has 0 aliphatic rings. The molecule has 0 saturated carbocycles. The number of aromatic amines is 1. The SMILES string of the molecule is CC(C)CN(C(=O)/C=C/c1cccc(C(F)(F)F)c1)c1c(N)n(CC(C)C)c(=O)[nH]c1=O. The van der Waals surface area contributed by atoms with Crippen molar-refractivity contribution in [3.8, 4) is 0 Å². The number of hydrogen-bond donors (Lipinski definition) is 2. The molecule has 3 N–H and O–H groups in total. The summed E-state index contributed by atoms with van der Waals surface area (Å²) in [5.74, 6) is -0.814. The maximum Gasteiger partial charge on any atom is 0.416 e. The molecule has 0 radical (unpaired) electrons. The molecular formula is C22H27F3N4O3. The van der Waals surface area contributed by atoms with E-state index in [0.29, 0.717) is 0 Å². The molecule has 1 aromatic carbocycles. The molecule has 7 nitrogen and oxygen atoms in total. The minimum Gasteiger partial charge on any atom is -0.383 e. The van der Waals surface area contributed by atoms with E-state index in [1.165, 1.54) is 22.8 Å². The maximum absolute atomic E-state index is 13.0. The van der Waals surface area contributed by atoms with Crippen LogP contribution in [0.15, 0.2) is 39.9 Å². The fraction of sp³-hybridized carbons (Fsp3) is 0.409. The first-order valence-corrected chi connectivity index (χ1v) is 10.1. The molecule has 1 heterocycles. The summed E-state index contributed by atoms with van der Waals surface area (Å²) in [6, 6.07) is 4.52. The van der Waals surface area contributed by atoms with Crippen molar-refractivity contribution < 1.29 is 18.0 Å². The number of amides is 1. The molecule has 1 amide bonds. The highest BCUT2D eigenvalue weighted by atomic mass is 19.4. The van der Waals surface area contributed by atoms with Gasteiger partial charge in [-0.15, -0.1) is 0 Å². The summed E-state index contributed by atoms with van der Waals surface area (Å²) in [5, 5.41) is 0. The molecule has 0 spiro atoms. The van der Waals surface area contributed by atoms with Crippen molar-refractivity contribution in [2.75, 3.05) is 17.2 Å². The van der Waals surface area contributed by atoms with E-state index in [-0.39, 0.29) is 42.0 Å². The third-order valence-corrected chi connectivity index (χ3v) is 4.48. The number of H-pyrrole nitrogens is 1. The average Bonchev–Trinajstić information content (AvgIpc) is 2.67. The van der Waals surface area contributed by atoms with Gasteiger partial charge in [0.15, 0.2) is 5.69 Å². The van der Waals surface area contributed by atoms with Crippen LogP contribution in [0.5, 0.6) is 0 Å². The van der Waals surface area contributed by atoms with Gasteiger partial charge in [0.05, 0.1) is 5.56 Å². The second kappa shape index (κ2) is 9.88. The van der Waals surface area contributed by atoms with Crippen LogP contribution in [0.1, 0.15) is 38.8 Å². The number of rotatable bonds is 7. The van der Waals surface area contributed by atoms with Crippen LogP contribution in [-0.2, 0) is 17.5 Å². The predicted molar refractivity (Wildman–Crippen MR) is 118 cm³/mol. The van der Waals surface area contributed by atoms with Gasteiger partial charge in [0.1, 0.15) is 5.82 Å². The Morgan fingerprint density at radius 3 is 2.41 bits per heavy atom. The molecule has 32 heavy (non-hydrogen) atoms. The molecular weight excluding hydrogens is 425 g/mol. The lowest BCUT2D eigenvalue weighted by Gasteiger charge is -2.25. The van der Waals surface area contributed by atoms with Crippen molar-refractivity contribution in [3.63, 3.8) is 0 Å². The van der Waals surface area contributed by atoms with E-state index in [4.69, 9.17) is 5.73 Å². The van der Waals surface area contributed by atoms with E-state index in [9.17, 15) is 27.6 Å². The van der Waals surface area contributed by atoms with Crippen molar-refractivity contribution in [2.24, 2.45) is 11.8 Å². The number of nitrogens with one attached hydrogen (secondary N) is 1. The van der Waals surface area contributed by atoms with Crippen molar-refractivity contribution in [3.05, 3.63) is 62.3 Å². The number of alkyl halides is 3. The van der Waals surface area contributed by atoms with Crippen LogP contribution < -0.4 is 21.9 Å². The summed E-state index contributed by atoms with van der Waals surface area (Å²) < 4.78 is 40.0. The molecule has 0 atom stereocenters. The summed E-state index contributed by atoms with van der Waals surface area (Å²) in [6.07, 6.45) is -2.20. The number of nitrogen functional groups attached to an aromatic ring is 1. The molecule has 2 aromatic rings. The number of hydrogen-bond acceptors (Lipinski definition) is 4. The third-order valence-electron chi connectivity index (χ3n) is 4.48. The van der Waals surface area contributed by atoms with Crippen molar-refractivity contribution in [2.45, 2.75) is 40.4 Å². The van der Waals surface area contributed by atoms with Gasteiger partial charge in [-0.05, 0) is 35.6 Å². The quantitative estimate of drug-likeness (QED) is 0.628. The number of nitrogens with zero attached hydrogens (tertiary/aromatic N) is 2. The van der Waals surface area contributed by atoms with Crippen molar-refractivity contribution in [1.82, 2.24) is 9.55 Å². The Labute approximate surface area is 183 Å². The van der Waals surface area contributed by atoms with Gasteiger partial charge < -0.3 is 10.6 Å². The summed E-state index contributed by atoms with van der Waals surface area (Å²) in [7, 11) is 0. The highest BCUT2D eigenvalue weighted by Gasteiger charge is 2.30. The predicted octanol–water partition coefficient (Wildman–Crippen LogP) is 3.50. The third kappa shape index (κ3) is 6.12. The lowest BCUT2D eigenvalue weighted by Crippen LogP contribution is -2.42. The Kier molecular flexibility index (Phi) is 7.71. The van der Waals surface area contributed by atoms with Crippen LogP contribution in [0.25, 0.3) is 6.08 Å². The van der Waals surface area contributed by atoms with Crippen molar-refractivity contribution >= 4 is 23.5 Å². The maximum atomic E-state index is 13.0. The van der Waals surface area contributed by atoms with Crippen LogP contribution >= 0.6 is 0 Å². The van der Waals surface area contributed by atoms with Gasteiger partial charge in [-0.3, -0.25) is 19.1 Å². The van der Waals surface area contributed by atoms with E-state index >= 15 is 0 Å². The van der Waals surface area contributed by atoms with E-state index in [2.05, 4.69) is 4.98 Å². The zero-order chi connectivity index (χ0) is 24.2. The first-order valence-electron chi connectivity index (χ1n) is 10.1. The molecule has 174 valence electrons. The molecule has 0 saturated heterocycles. The molecule has 2 rings (SSSR count). The number of anilines is 2. The zero-order valence-electron chi connectivity index (χ0n) is 18.4. The van der Waals surface area contributed by atoms with Crippen molar-refractivity contribution in [1.29, 1.82) is 0 Å². The number of benzene rings is 1. The molecule has 0 unspecified atom stereocenters. The smallest absolute Gasteiger partial charge is 0.383 e. The standard InChI is InChI=1S/C22H27F3N4O3/c1-13(2)11-28(18-19(26)29(12-14(3)4)21(32)27-20(18)31)17(30)9-8-15-6-5-7-16(10-15)22(23,24)25/h5-10,13-14H,11-12,26H2,1-4H3,(H,27,31,32)/b9-8+. The first kappa shape index (κ1) is 25.0. The van der Waals surface area contributed by atoms with Gasteiger partial charge in [0.25, 0.3) is 11.5 Å². The zero-order valence-corrected chi connectivity index (χ0v) is 18.4. The van der Waals surface area contributed by atoms with Gasteiger partial charge in [0, 0.05) is 19.2 Å². The molecule has 1 aromatic heterocycles. The van der Waals surface area contributed by atoms with E-state index < -0.39 is 28.9 Å². The normalized spacial score (nSPS) is 12.2. The number of carbonyl (C=O) groups excluding carboxylic acids is 1. The van der Waals surface area contributed by atoms with E-state index in [0.717, 1.165) is 23.1 Å². The second-order valence-corrected chi connectivity index (χ2v) is 8.30. The molecule has 10 heteroatoms. The minimum absolute atomic E-state index is 0.0452. The summed E-state index contributed by atoms with van der Waals surface area (Å²) in [6.45, 7) is 7.73. The first-order chi connectivity index (χ1) is 14.8. The van der Waals surface area contributed by atoms with Crippen LogP contribution in [0, 0.1) is 11.8 Å². The number of halogens is 3. The highest BCUT2D eigenvalue weighted by Crippen LogP contribution is 2.29. The van der Waals surface area contributed by atoms with E-state index in [1.54, 1.807) is 0 Å². The summed E-state index contributed by atoms with van der Waals surface area (Å²) in [5.41, 5.74) is 3.79. The molecule has 0 aliphatic carbocycles. The van der Waals surface area contributed by atoms with Gasteiger partial charge >= 0.3 is 11.9 Å². The fourth-order valence-corrected chi connectivity index (χ4v) is 3.12. The Hall–Kier alpha value is -3.30. The topological polar surface area (TPSA) is 101 Å². The monoisotopic (exact) mass is 452 g/mol. The van der Waals surface area contributed by atoms with Gasteiger partial charge in [-0.1, -0.05) is 39.8 Å². The fourth-order valence-electron chi connectivity index (χ4n) is 3.12. The van der Waals surface area contributed by atoms with Gasteiger partial charge in [0.2, 0.25) is 0 Å². The number of nitrogens with two attached hydrogens (primary N) is 1.